The number of unbranched alkanes of at least 4 members (excludes halogenated alkanes) is 1. The van der Waals surface area contributed by atoms with Gasteiger partial charge < -0.3 is 15.4 Å². The van der Waals surface area contributed by atoms with Crippen molar-refractivity contribution in [2.24, 2.45) is 4.99 Å². The summed E-state index contributed by atoms with van der Waals surface area (Å²) in [5.74, 6) is 0.959. The Morgan fingerprint density at radius 1 is 1.17 bits per heavy atom. The average Bonchev–Trinajstić information content (AvgIpc) is 2.56. The van der Waals surface area contributed by atoms with Crippen LogP contribution in [-0.4, -0.2) is 62.8 Å². The van der Waals surface area contributed by atoms with E-state index in [2.05, 4.69) is 29.4 Å². The number of nitrogens with zero attached hydrogens (tertiary/aromatic N) is 2. The normalized spacial score (nSPS) is 19.3. The minimum absolute atomic E-state index is 0. The zero-order chi connectivity index (χ0) is 16.0. The number of piperidine rings is 1. The lowest BCUT2D eigenvalue weighted by Crippen LogP contribution is -2.43. The Hall–Kier alpha value is -0.0800. The summed E-state index contributed by atoms with van der Waals surface area (Å²) in [7, 11) is 0. The van der Waals surface area contributed by atoms with Gasteiger partial charge in [-0.2, -0.15) is 0 Å². The van der Waals surface area contributed by atoms with Crippen LogP contribution >= 0.6 is 24.0 Å². The van der Waals surface area contributed by atoms with Crippen LogP contribution in [0, 0.1) is 0 Å². The van der Waals surface area contributed by atoms with Gasteiger partial charge in [0.15, 0.2) is 5.96 Å². The molecule has 5 nitrogen and oxygen atoms in total. The summed E-state index contributed by atoms with van der Waals surface area (Å²) >= 11 is 0. The fourth-order valence-electron chi connectivity index (χ4n) is 2.90. The van der Waals surface area contributed by atoms with Crippen molar-refractivity contribution in [3.05, 3.63) is 0 Å². The summed E-state index contributed by atoms with van der Waals surface area (Å²) in [6, 6.07) is 0.618. The van der Waals surface area contributed by atoms with Crippen LogP contribution in [0.2, 0.25) is 0 Å². The standard InChI is InChI=1S/C17H36N4O.HI/c1-4-18-17(19-12-8-10-14-22-6-3)20-15-16-11-7-9-13-21(16)5-2;/h16H,4-15H2,1-3H3,(H2,18,19,20);1H. The number of likely N-dealkylation sites (tertiary alicyclic amines) is 1. The minimum atomic E-state index is 0. The predicted molar refractivity (Wildman–Crippen MR) is 110 cm³/mol. The van der Waals surface area contributed by atoms with Crippen molar-refractivity contribution in [1.29, 1.82) is 0 Å². The molecule has 1 saturated heterocycles. The minimum Gasteiger partial charge on any atom is -0.382 e. The molecule has 0 saturated carbocycles. The molecule has 0 aromatic rings. The average molecular weight is 440 g/mol. The molecule has 23 heavy (non-hydrogen) atoms. The van der Waals surface area contributed by atoms with Gasteiger partial charge in [-0.1, -0.05) is 13.3 Å². The Labute approximate surface area is 160 Å². The number of hydrogen-bond acceptors (Lipinski definition) is 3. The second kappa shape index (κ2) is 15.4. The summed E-state index contributed by atoms with van der Waals surface area (Å²) in [5.41, 5.74) is 0. The van der Waals surface area contributed by atoms with E-state index in [4.69, 9.17) is 9.73 Å². The molecule has 0 bridgehead atoms. The Morgan fingerprint density at radius 2 is 2.00 bits per heavy atom. The maximum Gasteiger partial charge on any atom is 0.191 e. The zero-order valence-corrected chi connectivity index (χ0v) is 17.6. The van der Waals surface area contributed by atoms with Crippen LogP contribution in [0.15, 0.2) is 4.99 Å². The molecule has 0 spiro atoms. The van der Waals surface area contributed by atoms with Crippen molar-refractivity contribution in [3.8, 4) is 0 Å². The molecule has 0 amide bonds. The monoisotopic (exact) mass is 440 g/mol. The van der Waals surface area contributed by atoms with E-state index in [9.17, 15) is 0 Å². The Bertz CT molecular complexity index is 302. The number of guanidine groups is 1. The van der Waals surface area contributed by atoms with Crippen LogP contribution in [0.5, 0.6) is 0 Å². The molecule has 1 unspecified atom stereocenters. The van der Waals surface area contributed by atoms with E-state index in [1.54, 1.807) is 0 Å². The van der Waals surface area contributed by atoms with Gasteiger partial charge in [0.05, 0.1) is 6.54 Å². The van der Waals surface area contributed by atoms with Gasteiger partial charge in [-0.3, -0.25) is 9.89 Å². The molecule has 2 N–H and O–H groups in total. The van der Waals surface area contributed by atoms with Gasteiger partial charge in [0.25, 0.3) is 0 Å². The topological polar surface area (TPSA) is 48.9 Å². The Balaban J connectivity index is 0.00000484. The summed E-state index contributed by atoms with van der Waals surface area (Å²) < 4.78 is 5.36. The van der Waals surface area contributed by atoms with E-state index in [1.165, 1.54) is 25.8 Å². The first kappa shape index (κ1) is 22.9. The lowest BCUT2D eigenvalue weighted by atomic mass is 10.0. The summed E-state index contributed by atoms with van der Waals surface area (Å²) in [5, 5.41) is 6.78. The van der Waals surface area contributed by atoms with Gasteiger partial charge in [0, 0.05) is 32.3 Å². The number of aliphatic imine (C=N–C) groups is 1. The number of rotatable bonds is 10. The largest absolute Gasteiger partial charge is 0.382 e. The van der Waals surface area contributed by atoms with Crippen LogP contribution in [-0.2, 0) is 4.74 Å². The first-order valence-electron chi connectivity index (χ1n) is 9.15. The van der Waals surface area contributed by atoms with Crippen molar-refractivity contribution in [2.75, 3.05) is 45.9 Å². The molecule has 1 heterocycles. The third-order valence-corrected chi connectivity index (χ3v) is 4.17. The highest BCUT2D eigenvalue weighted by Crippen LogP contribution is 2.16. The van der Waals surface area contributed by atoms with Gasteiger partial charge in [-0.15, -0.1) is 24.0 Å². The van der Waals surface area contributed by atoms with Crippen LogP contribution < -0.4 is 10.6 Å². The highest BCUT2D eigenvalue weighted by Gasteiger charge is 2.20. The molecule has 0 radical (unpaired) electrons. The number of hydrogen-bond donors (Lipinski definition) is 2. The lowest BCUT2D eigenvalue weighted by molar-refractivity contribution is 0.143. The number of halogens is 1. The molecular formula is C17H37IN4O. The summed E-state index contributed by atoms with van der Waals surface area (Å²) in [6.45, 7) is 13.2. The maximum atomic E-state index is 5.36. The van der Waals surface area contributed by atoms with Gasteiger partial charge >= 0.3 is 0 Å². The smallest absolute Gasteiger partial charge is 0.191 e. The van der Waals surface area contributed by atoms with Crippen LogP contribution in [0.1, 0.15) is 52.9 Å². The molecule has 1 aliphatic rings. The van der Waals surface area contributed by atoms with Crippen LogP contribution in [0.25, 0.3) is 0 Å². The molecule has 0 aromatic carbocycles. The first-order chi connectivity index (χ1) is 10.8. The Morgan fingerprint density at radius 3 is 2.70 bits per heavy atom. The van der Waals surface area contributed by atoms with Gasteiger partial charge in [0.2, 0.25) is 0 Å². The molecule has 1 atom stereocenters. The third kappa shape index (κ3) is 10.4. The highest BCUT2D eigenvalue weighted by molar-refractivity contribution is 14.0. The summed E-state index contributed by atoms with van der Waals surface area (Å²) in [4.78, 5) is 7.36. The Kier molecular flexibility index (Phi) is 15.4. The third-order valence-electron chi connectivity index (χ3n) is 4.17. The van der Waals surface area contributed by atoms with Crippen LogP contribution in [0.3, 0.4) is 0 Å². The number of likely N-dealkylation sites (N-methyl/N-ethyl adjacent to an activating group) is 1. The van der Waals surface area contributed by atoms with Gasteiger partial charge in [0.1, 0.15) is 0 Å². The number of ether oxygens (including phenoxy) is 1. The van der Waals surface area contributed by atoms with E-state index in [1.807, 2.05) is 6.92 Å². The predicted octanol–water partition coefficient (Wildman–Crippen LogP) is 2.85. The molecule has 138 valence electrons. The fourth-order valence-corrected chi connectivity index (χ4v) is 2.90. The molecule has 0 aromatic heterocycles. The summed E-state index contributed by atoms with van der Waals surface area (Å²) in [6.07, 6.45) is 6.19. The molecular weight excluding hydrogens is 403 g/mol. The highest BCUT2D eigenvalue weighted by atomic mass is 127. The molecule has 1 aliphatic heterocycles. The molecule has 1 rings (SSSR count). The van der Waals surface area contributed by atoms with Crippen molar-refractivity contribution in [1.82, 2.24) is 15.5 Å². The van der Waals surface area contributed by atoms with Crippen molar-refractivity contribution in [2.45, 2.75) is 58.9 Å². The lowest BCUT2D eigenvalue weighted by Gasteiger charge is -2.33. The van der Waals surface area contributed by atoms with Crippen LogP contribution in [0.4, 0.5) is 0 Å². The molecule has 1 fully saturated rings. The molecule has 0 aliphatic carbocycles. The zero-order valence-electron chi connectivity index (χ0n) is 15.3. The van der Waals surface area contributed by atoms with E-state index < -0.39 is 0 Å². The quantitative estimate of drug-likeness (QED) is 0.238. The van der Waals surface area contributed by atoms with Crippen molar-refractivity contribution >= 4 is 29.9 Å². The first-order valence-corrected chi connectivity index (χ1v) is 9.15. The van der Waals surface area contributed by atoms with Gasteiger partial charge in [-0.25, -0.2) is 0 Å². The second-order valence-electron chi connectivity index (χ2n) is 5.83. The fraction of sp³-hybridized carbons (Fsp3) is 0.941. The van der Waals surface area contributed by atoms with E-state index in [-0.39, 0.29) is 24.0 Å². The molecule has 6 heteroatoms. The van der Waals surface area contributed by atoms with E-state index in [0.29, 0.717) is 6.04 Å². The van der Waals surface area contributed by atoms with Gasteiger partial charge in [-0.05, 0) is 52.6 Å². The van der Waals surface area contributed by atoms with Crippen molar-refractivity contribution in [3.63, 3.8) is 0 Å². The SMILES string of the molecule is CCNC(=NCC1CCCCN1CC)NCCCCOCC.I. The van der Waals surface area contributed by atoms with Crippen molar-refractivity contribution < 1.29 is 4.74 Å². The van der Waals surface area contributed by atoms with E-state index in [0.717, 1.165) is 58.2 Å². The maximum absolute atomic E-state index is 5.36. The second-order valence-corrected chi connectivity index (χ2v) is 5.83. The van der Waals surface area contributed by atoms with E-state index >= 15 is 0 Å². The number of nitrogens with one attached hydrogen (secondary N) is 2.